The summed E-state index contributed by atoms with van der Waals surface area (Å²) in [4.78, 5) is 0. The van der Waals surface area contributed by atoms with Gasteiger partial charge < -0.3 is 14.8 Å². The molecule has 156 valence electrons. The van der Waals surface area contributed by atoms with Crippen molar-refractivity contribution in [3.8, 4) is 11.5 Å². The molecular weight excluding hydrogens is 394 g/mol. The monoisotopic (exact) mass is 421 g/mol. The van der Waals surface area contributed by atoms with Gasteiger partial charge in [0.1, 0.15) is 6.61 Å². The molecule has 0 aliphatic heterocycles. The van der Waals surface area contributed by atoms with E-state index < -0.39 is 0 Å². The summed E-state index contributed by atoms with van der Waals surface area (Å²) in [6.45, 7) is 7.17. The fourth-order valence-electron chi connectivity index (χ4n) is 3.29. The Kier molecular flexibility index (Phi) is 7.81. The third-order valence-corrected chi connectivity index (χ3v) is 5.14. The smallest absolute Gasteiger partial charge is 0.165 e. The van der Waals surface area contributed by atoms with Crippen LogP contribution in [-0.4, -0.2) is 7.11 Å². The van der Waals surface area contributed by atoms with Gasteiger partial charge in [0.05, 0.1) is 7.11 Å². The Bertz CT molecular complexity index is 983. The van der Waals surface area contributed by atoms with Crippen molar-refractivity contribution in [1.29, 1.82) is 0 Å². The van der Waals surface area contributed by atoms with Crippen LogP contribution in [0.25, 0.3) is 0 Å². The molecule has 0 bridgehead atoms. The van der Waals surface area contributed by atoms with E-state index in [1.54, 1.807) is 7.11 Å². The molecule has 0 saturated carbocycles. The minimum atomic E-state index is 0.419. The summed E-state index contributed by atoms with van der Waals surface area (Å²) in [5.41, 5.74) is 5.60. The van der Waals surface area contributed by atoms with E-state index in [0.717, 1.165) is 40.3 Å². The Labute approximate surface area is 184 Å². The van der Waals surface area contributed by atoms with E-state index in [1.807, 2.05) is 36.4 Å². The van der Waals surface area contributed by atoms with Crippen molar-refractivity contribution in [2.24, 2.45) is 0 Å². The van der Waals surface area contributed by atoms with Crippen LogP contribution in [0.5, 0.6) is 11.5 Å². The number of hydrogen-bond donors (Lipinski definition) is 1. The minimum absolute atomic E-state index is 0.419. The normalized spacial score (nSPS) is 10.5. The van der Waals surface area contributed by atoms with Gasteiger partial charge in [-0.05, 0) is 65.9 Å². The molecule has 0 aromatic heterocycles. The van der Waals surface area contributed by atoms with Gasteiger partial charge in [-0.15, -0.1) is 6.58 Å². The van der Waals surface area contributed by atoms with Crippen LogP contribution >= 0.6 is 11.6 Å². The number of ether oxygens (including phenoxy) is 2. The van der Waals surface area contributed by atoms with E-state index in [2.05, 4.69) is 49.2 Å². The molecule has 4 heteroatoms. The van der Waals surface area contributed by atoms with Crippen LogP contribution < -0.4 is 14.8 Å². The number of halogens is 1. The van der Waals surface area contributed by atoms with Crippen LogP contribution in [-0.2, 0) is 26.0 Å². The first kappa shape index (κ1) is 21.8. The van der Waals surface area contributed by atoms with E-state index in [1.165, 1.54) is 5.56 Å². The van der Waals surface area contributed by atoms with Gasteiger partial charge >= 0.3 is 0 Å². The van der Waals surface area contributed by atoms with Crippen molar-refractivity contribution < 1.29 is 9.47 Å². The first-order valence-corrected chi connectivity index (χ1v) is 10.5. The average Bonchev–Trinajstić information content (AvgIpc) is 2.77. The highest BCUT2D eigenvalue weighted by molar-refractivity contribution is 6.30. The first-order valence-electron chi connectivity index (χ1n) is 10.1. The maximum atomic E-state index is 6.14. The molecule has 0 aliphatic rings. The lowest BCUT2D eigenvalue weighted by Crippen LogP contribution is -2.05. The number of anilines is 1. The average molecular weight is 422 g/mol. The number of allylic oxidation sites excluding steroid dienone is 1. The molecule has 0 amide bonds. The molecule has 3 aromatic rings. The number of nitrogens with one attached hydrogen (secondary N) is 1. The number of hydrogen-bond acceptors (Lipinski definition) is 3. The summed E-state index contributed by atoms with van der Waals surface area (Å²) in [7, 11) is 1.67. The van der Waals surface area contributed by atoms with Crippen molar-refractivity contribution in [3.63, 3.8) is 0 Å². The summed E-state index contributed by atoms with van der Waals surface area (Å²) in [5.74, 6) is 1.46. The molecule has 0 unspecified atom stereocenters. The second-order valence-electron chi connectivity index (χ2n) is 7.10. The highest BCUT2D eigenvalue weighted by Gasteiger charge is 2.13. The zero-order valence-electron chi connectivity index (χ0n) is 17.6. The Morgan fingerprint density at radius 1 is 1.00 bits per heavy atom. The van der Waals surface area contributed by atoms with Crippen molar-refractivity contribution in [1.82, 2.24) is 0 Å². The van der Waals surface area contributed by atoms with Gasteiger partial charge in [0, 0.05) is 22.8 Å². The van der Waals surface area contributed by atoms with Crippen LogP contribution in [0.15, 0.2) is 73.3 Å². The first-order chi connectivity index (χ1) is 14.6. The molecule has 0 saturated heterocycles. The molecule has 0 fully saturated rings. The van der Waals surface area contributed by atoms with E-state index in [0.29, 0.717) is 24.6 Å². The van der Waals surface area contributed by atoms with Crippen LogP contribution in [0.3, 0.4) is 0 Å². The third-order valence-electron chi connectivity index (χ3n) is 4.91. The molecule has 0 aliphatic carbocycles. The van der Waals surface area contributed by atoms with Gasteiger partial charge in [-0.25, -0.2) is 0 Å². The highest BCUT2D eigenvalue weighted by Crippen LogP contribution is 2.34. The molecule has 3 aromatic carbocycles. The zero-order chi connectivity index (χ0) is 21.3. The minimum Gasteiger partial charge on any atom is -0.493 e. The predicted octanol–water partition coefficient (Wildman–Crippen LogP) is 6.83. The Balaban J connectivity index is 1.78. The lowest BCUT2D eigenvalue weighted by atomic mass is 10.0. The maximum Gasteiger partial charge on any atom is 0.165 e. The lowest BCUT2D eigenvalue weighted by Gasteiger charge is -2.17. The SMILES string of the molecule is C=CCc1cc(CNc2ccc(CC)cc2)cc(OC)c1OCc1cccc(Cl)c1. The number of methoxy groups -OCH3 is 1. The van der Waals surface area contributed by atoms with Gasteiger partial charge in [-0.3, -0.25) is 0 Å². The quantitative estimate of drug-likeness (QED) is 0.364. The number of benzene rings is 3. The van der Waals surface area contributed by atoms with Gasteiger partial charge in [0.2, 0.25) is 0 Å². The molecule has 0 radical (unpaired) electrons. The third kappa shape index (κ3) is 5.80. The highest BCUT2D eigenvalue weighted by atomic mass is 35.5. The second kappa shape index (κ2) is 10.7. The molecule has 0 heterocycles. The fourth-order valence-corrected chi connectivity index (χ4v) is 3.51. The van der Waals surface area contributed by atoms with E-state index >= 15 is 0 Å². The van der Waals surface area contributed by atoms with Gasteiger partial charge in [0.15, 0.2) is 11.5 Å². The van der Waals surface area contributed by atoms with Crippen molar-refractivity contribution in [2.45, 2.75) is 32.9 Å². The van der Waals surface area contributed by atoms with Gasteiger partial charge in [-0.1, -0.05) is 48.9 Å². The largest absolute Gasteiger partial charge is 0.493 e. The second-order valence-corrected chi connectivity index (χ2v) is 7.54. The molecule has 3 nitrogen and oxygen atoms in total. The fraction of sp³-hybridized carbons (Fsp3) is 0.231. The van der Waals surface area contributed by atoms with E-state index in [-0.39, 0.29) is 0 Å². The summed E-state index contributed by atoms with van der Waals surface area (Å²) in [6, 6.07) is 20.4. The van der Waals surface area contributed by atoms with Crippen molar-refractivity contribution in [2.75, 3.05) is 12.4 Å². The molecule has 0 atom stereocenters. The maximum absolute atomic E-state index is 6.14. The Hall–Kier alpha value is -2.91. The number of rotatable bonds is 10. The molecule has 0 spiro atoms. The molecular formula is C26H28ClNO2. The van der Waals surface area contributed by atoms with Crippen LogP contribution in [0, 0.1) is 0 Å². The summed E-state index contributed by atoms with van der Waals surface area (Å²) in [6.07, 6.45) is 3.61. The topological polar surface area (TPSA) is 30.5 Å². The summed E-state index contributed by atoms with van der Waals surface area (Å²) < 4.78 is 11.8. The summed E-state index contributed by atoms with van der Waals surface area (Å²) >= 11 is 6.09. The molecule has 3 rings (SSSR count). The van der Waals surface area contributed by atoms with Crippen molar-refractivity contribution in [3.05, 3.63) is 101 Å². The zero-order valence-corrected chi connectivity index (χ0v) is 18.3. The molecule has 1 N–H and O–H groups in total. The van der Waals surface area contributed by atoms with E-state index in [9.17, 15) is 0 Å². The van der Waals surface area contributed by atoms with E-state index in [4.69, 9.17) is 21.1 Å². The predicted molar refractivity (Wildman–Crippen MR) is 126 cm³/mol. The van der Waals surface area contributed by atoms with Gasteiger partial charge in [0.25, 0.3) is 0 Å². The lowest BCUT2D eigenvalue weighted by molar-refractivity contribution is 0.281. The Morgan fingerprint density at radius 3 is 2.47 bits per heavy atom. The summed E-state index contributed by atoms with van der Waals surface area (Å²) in [5, 5.41) is 4.18. The van der Waals surface area contributed by atoms with Crippen molar-refractivity contribution >= 4 is 17.3 Å². The molecule has 30 heavy (non-hydrogen) atoms. The Morgan fingerprint density at radius 2 is 1.80 bits per heavy atom. The van der Waals surface area contributed by atoms with Crippen LogP contribution in [0.1, 0.15) is 29.2 Å². The number of aryl methyl sites for hydroxylation is 1. The van der Waals surface area contributed by atoms with Gasteiger partial charge in [-0.2, -0.15) is 0 Å². The standard InChI is InChI=1S/C26H28ClNO2/c1-4-7-22-14-21(17-28-24-12-10-19(5-2)11-13-24)16-25(29-3)26(22)30-18-20-8-6-9-23(27)15-20/h4,6,8-16,28H,1,5,7,17-18H2,2-3H3. The van der Waals surface area contributed by atoms with Crippen LogP contribution in [0.2, 0.25) is 5.02 Å². The van der Waals surface area contributed by atoms with Crippen LogP contribution in [0.4, 0.5) is 5.69 Å².